The molecule has 0 bridgehead atoms. The van der Waals surface area contributed by atoms with Gasteiger partial charge in [0.25, 0.3) is 0 Å². The molecule has 1 saturated heterocycles. The van der Waals surface area contributed by atoms with Gasteiger partial charge in [-0.3, -0.25) is 19.8 Å². The van der Waals surface area contributed by atoms with Crippen molar-refractivity contribution in [2.24, 2.45) is 0 Å². The Bertz CT molecular complexity index is 481. The van der Waals surface area contributed by atoms with Crippen LogP contribution in [0.4, 0.5) is 5.69 Å². The molecule has 1 fully saturated rings. The Balaban J connectivity index is 2.16. The minimum atomic E-state index is -0.362. The van der Waals surface area contributed by atoms with Crippen molar-refractivity contribution < 1.29 is 14.3 Å². The molecular formula is C14H19N3O3. The highest BCUT2D eigenvalue weighted by atomic mass is 16.5. The molecule has 0 aliphatic carbocycles. The monoisotopic (exact) mass is 277 g/mol. The largest absolute Gasteiger partial charge is 0.427 e. The molecule has 2 rings (SSSR count). The van der Waals surface area contributed by atoms with Gasteiger partial charge in [-0.2, -0.15) is 0 Å². The first-order valence-corrected chi connectivity index (χ1v) is 6.60. The molecule has 6 heteroatoms. The van der Waals surface area contributed by atoms with Gasteiger partial charge in [-0.25, -0.2) is 0 Å². The van der Waals surface area contributed by atoms with Crippen LogP contribution in [0.5, 0.6) is 5.75 Å². The van der Waals surface area contributed by atoms with Crippen molar-refractivity contribution in [3.8, 4) is 5.75 Å². The minimum absolute atomic E-state index is 0.0357. The Labute approximate surface area is 118 Å². The van der Waals surface area contributed by atoms with Crippen molar-refractivity contribution in [2.75, 3.05) is 24.5 Å². The van der Waals surface area contributed by atoms with E-state index in [1.165, 1.54) is 13.8 Å². The first-order valence-electron chi connectivity index (χ1n) is 6.60. The van der Waals surface area contributed by atoms with Gasteiger partial charge in [0.2, 0.25) is 5.91 Å². The molecule has 6 nitrogen and oxygen atoms in total. The maximum atomic E-state index is 11.9. The van der Waals surface area contributed by atoms with Gasteiger partial charge in [-0.15, -0.1) is 0 Å². The summed E-state index contributed by atoms with van der Waals surface area (Å²) in [6, 6.07) is 6.91. The minimum Gasteiger partial charge on any atom is -0.427 e. The number of rotatable bonds is 3. The van der Waals surface area contributed by atoms with E-state index in [0.29, 0.717) is 12.3 Å². The number of hydrogen-bond donors (Lipinski definition) is 2. The van der Waals surface area contributed by atoms with E-state index >= 15 is 0 Å². The maximum absolute atomic E-state index is 11.9. The molecule has 1 aromatic rings. The Hall–Kier alpha value is -1.92. The SMILES string of the molecule is CC(=O)Oc1ccc(N(C(C)=O)C2CNCCN2)cc1. The van der Waals surface area contributed by atoms with Crippen LogP contribution in [-0.4, -0.2) is 37.7 Å². The summed E-state index contributed by atoms with van der Waals surface area (Å²) in [7, 11) is 0. The normalized spacial score (nSPS) is 18.4. The van der Waals surface area contributed by atoms with E-state index in [1.807, 2.05) is 0 Å². The molecule has 108 valence electrons. The first kappa shape index (κ1) is 14.5. The molecular weight excluding hydrogens is 258 g/mol. The van der Waals surface area contributed by atoms with Gasteiger partial charge in [0.15, 0.2) is 0 Å². The number of esters is 1. The number of ether oxygens (including phenoxy) is 1. The zero-order chi connectivity index (χ0) is 14.5. The topological polar surface area (TPSA) is 70.7 Å². The molecule has 1 aliphatic heterocycles. The predicted molar refractivity (Wildman–Crippen MR) is 75.6 cm³/mol. The van der Waals surface area contributed by atoms with Gasteiger partial charge >= 0.3 is 5.97 Å². The third-order valence-corrected chi connectivity index (χ3v) is 3.05. The second kappa shape index (κ2) is 6.49. The molecule has 1 heterocycles. The second-order valence-corrected chi connectivity index (χ2v) is 4.65. The first-order chi connectivity index (χ1) is 9.58. The number of piperazine rings is 1. The van der Waals surface area contributed by atoms with Gasteiger partial charge < -0.3 is 10.1 Å². The Kier molecular flexibility index (Phi) is 4.70. The lowest BCUT2D eigenvalue weighted by molar-refractivity contribution is -0.131. The van der Waals surface area contributed by atoms with Crippen molar-refractivity contribution in [1.29, 1.82) is 0 Å². The molecule has 1 amide bonds. The number of hydrogen-bond acceptors (Lipinski definition) is 5. The van der Waals surface area contributed by atoms with E-state index in [-0.39, 0.29) is 18.0 Å². The second-order valence-electron chi connectivity index (χ2n) is 4.65. The number of carbonyl (C=O) groups excluding carboxylic acids is 2. The highest BCUT2D eigenvalue weighted by molar-refractivity contribution is 5.92. The van der Waals surface area contributed by atoms with Crippen molar-refractivity contribution in [2.45, 2.75) is 20.0 Å². The molecule has 0 spiro atoms. The third kappa shape index (κ3) is 3.55. The van der Waals surface area contributed by atoms with E-state index in [1.54, 1.807) is 29.2 Å². The molecule has 1 atom stereocenters. The smallest absolute Gasteiger partial charge is 0.308 e. The molecule has 1 unspecified atom stereocenters. The van der Waals surface area contributed by atoms with Crippen LogP contribution >= 0.6 is 0 Å². The average molecular weight is 277 g/mol. The Morgan fingerprint density at radius 2 is 1.90 bits per heavy atom. The van der Waals surface area contributed by atoms with Gasteiger partial charge in [-0.05, 0) is 24.3 Å². The molecule has 0 aromatic heterocycles. The van der Waals surface area contributed by atoms with Crippen molar-refractivity contribution in [3.63, 3.8) is 0 Å². The fraction of sp³-hybridized carbons (Fsp3) is 0.429. The number of benzene rings is 1. The lowest BCUT2D eigenvalue weighted by atomic mass is 10.2. The fourth-order valence-electron chi connectivity index (χ4n) is 2.24. The van der Waals surface area contributed by atoms with Crippen LogP contribution in [0.1, 0.15) is 13.8 Å². The van der Waals surface area contributed by atoms with E-state index in [4.69, 9.17) is 4.74 Å². The van der Waals surface area contributed by atoms with Crippen LogP contribution < -0.4 is 20.3 Å². The molecule has 1 aromatic carbocycles. The van der Waals surface area contributed by atoms with Gasteiger partial charge in [0.1, 0.15) is 5.75 Å². The zero-order valence-electron chi connectivity index (χ0n) is 11.7. The summed E-state index contributed by atoms with van der Waals surface area (Å²) in [5, 5.41) is 6.55. The third-order valence-electron chi connectivity index (χ3n) is 3.05. The highest BCUT2D eigenvalue weighted by Gasteiger charge is 2.24. The summed E-state index contributed by atoms with van der Waals surface area (Å²) < 4.78 is 4.98. The average Bonchev–Trinajstić information content (AvgIpc) is 2.41. The van der Waals surface area contributed by atoms with Gasteiger partial charge in [0.05, 0.1) is 6.17 Å². The molecule has 20 heavy (non-hydrogen) atoms. The quantitative estimate of drug-likeness (QED) is 0.621. The van der Waals surface area contributed by atoms with E-state index in [0.717, 1.165) is 18.8 Å². The van der Waals surface area contributed by atoms with Crippen LogP contribution in [0.2, 0.25) is 0 Å². The van der Waals surface area contributed by atoms with Crippen LogP contribution in [0.3, 0.4) is 0 Å². The van der Waals surface area contributed by atoms with Crippen LogP contribution in [-0.2, 0) is 9.59 Å². The lowest BCUT2D eigenvalue weighted by Gasteiger charge is -2.34. The standard InChI is InChI=1S/C14H19N3O3/c1-10(18)17(14-9-15-7-8-16-14)12-3-5-13(6-4-12)20-11(2)19/h3-6,14-16H,7-9H2,1-2H3. The number of amides is 1. The van der Waals surface area contributed by atoms with Crippen molar-refractivity contribution in [3.05, 3.63) is 24.3 Å². The summed E-state index contributed by atoms with van der Waals surface area (Å²) in [6.45, 7) is 5.31. The summed E-state index contributed by atoms with van der Waals surface area (Å²) >= 11 is 0. The lowest BCUT2D eigenvalue weighted by Crippen LogP contribution is -2.58. The molecule has 2 N–H and O–H groups in total. The van der Waals surface area contributed by atoms with Crippen LogP contribution in [0.15, 0.2) is 24.3 Å². The van der Waals surface area contributed by atoms with E-state index in [9.17, 15) is 9.59 Å². The van der Waals surface area contributed by atoms with Crippen LogP contribution in [0, 0.1) is 0 Å². The van der Waals surface area contributed by atoms with E-state index < -0.39 is 0 Å². The maximum Gasteiger partial charge on any atom is 0.308 e. The van der Waals surface area contributed by atoms with Crippen LogP contribution in [0.25, 0.3) is 0 Å². The summed E-state index contributed by atoms with van der Waals surface area (Å²) in [4.78, 5) is 24.5. The Morgan fingerprint density at radius 3 is 2.40 bits per heavy atom. The molecule has 1 aliphatic rings. The number of carbonyl (C=O) groups is 2. The molecule has 0 saturated carbocycles. The van der Waals surface area contributed by atoms with Crippen molar-refractivity contribution in [1.82, 2.24) is 10.6 Å². The van der Waals surface area contributed by atoms with Gasteiger partial charge in [0, 0.05) is 39.2 Å². The highest BCUT2D eigenvalue weighted by Crippen LogP contribution is 2.21. The number of nitrogens with zero attached hydrogens (tertiary/aromatic N) is 1. The summed E-state index contributed by atoms with van der Waals surface area (Å²) in [6.07, 6.45) is -0.0687. The number of nitrogens with one attached hydrogen (secondary N) is 2. The predicted octanol–water partition coefficient (Wildman–Crippen LogP) is 0.484. The van der Waals surface area contributed by atoms with Crippen molar-refractivity contribution >= 4 is 17.6 Å². The number of anilines is 1. The summed E-state index contributed by atoms with van der Waals surface area (Å²) in [5.41, 5.74) is 0.773. The Morgan fingerprint density at radius 1 is 1.20 bits per heavy atom. The summed E-state index contributed by atoms with van der Waals surface area (Å²) in [5.74, 6) is 0.0743. The van der Waals surface area contributed by atoms with Gasteiger partial charge in [-0.1, -0.05) is 0 Å². The van der Waals surface area contributed by atoms with E-state index in [2.05, 4.69) is 10.6 Å². The molecule has 0 radical (unpaired) electrons. The fourth-order valence-corrected chi connectivity index (χ4v) is 2.24. The zero-order valence-corrected chi connectivity index (χ0v) is 11.7.